The first kappa shape index (κ1) is 16.5. The van der Waals surface area contributed by atoms with Crippen molar-refractivity contribution < 1.29 is 22.3 Å². The van der Waals surface area contributed by atoms with Crippen LogP contribution in [-0.2, 0) is 21.4 Å². The number of benzene rings is 2. The Labute approximate surface area is 142 Å². The van der Waals surface area contributed by atoms with Gasteiger partial charge < -0.3 is 4.74 Å². The molecule has 2 aromatic rings. The lowest BCUT2D eigenvalue weighted by molar-refractivity contribution is 0.143. The highest BCUT2D eigenvalue weighted by molar-refractivity contribution is 7.92. The third kappa shape index (κ3) is 3.02. The van der Waals surface area contributed by atoms with E-state index in [1.807, 2.05) is 0 Å². The molecule has 1 N–H and O–H groups in total. The lowest BCUT2D eigenvalue weighted by atomic mass is 10.1. The van der Waals surface area contributed by atoms with Crippen LogP contribution >= 0.6 is 11.6 Å². The number of anilines is 2. The van der Waals surface area contributed by atoms with E-state index in [1.165, 1.54) is 36.2 Å². The standard InChI is InChI=1S/C15H12ClFN2O4S/c1-19-14-7-11(4-2-9(14)8-23-15(19)20)24(21,22)18-10-3-5-13(17)12(16)6-10/h2-7,18H,8H2,1H3. The smallest absolute Gasteiger partial charge is 0.414 e. The Balaban J connectivity index is 1.95. The summed E-state index contributed by atoms with van der Waals surface area (Å²) in [6.45, 7) is 0.0832. The Kier molecular flexibility index (Phi) is 4.10. The molecule has 24 heavy (non-hydrogen) atoms. The number of nitrogens with zero attached hydrogens (tertiary/aromatic N) is 1. The van der Waals surface area contributed by atoms with Gasteiger partial charge in [-0.1, -0.05) is 17.7 Å². The third-order valence-corrected chi connectivity index (χ3v) is 5.19. The van der Waals surface area contributed by atoms with Crippen LogP contribution in [0, 0.1) is 5.82 Å². The topological polar surface area (TPSA) is 75.7 Å². The number of fused-ring (bicyclic) bond motifs is 1. The van der Waals surface area contributed by atoms with Crippen LogP contribution in [0.15, 0.2) is 41.3 Å². The van der Waals surface area contributed by atoms with E-state index in [2.05, 4.69) is 4.72 Å². The van der Waals surface area contributed by atoms with Gasteiger partial charge in [0.2, 0.25) is 0 Å². The van der Waals surface area contributed by atoms with Crippen molar-refractivity contribution in [3.63, 3.8) is 0 Å². The average molecular weight is 371 g/mol. The summed E-state index contributed by atoms with van der Waals surface area (Å²) in [7, 11) is -2.44. The SMILES string of the molecule is CN1C(=O)OCc2ccc(S(=O)(=O)Nc3ccc(F)c(Cl)c3)cc21. The van der Waals surface area contributed by atoms with Crippen LogP contribution in [0.25, 0.3) is 0 Å². The molecule has 0 aliphatic carbocycles. The van der Waals surface area contributed by atoms with Crippen molar-refractivity contribution in [1.29, 1.82) is 0 Å². The minimum absolute atomic E-state index is 0.0387. The van der Waals surface area contributed by atoms with Crippen molar-refractivity contribution in [2.75, 3.05) is 16.7 Å². The zero-order valence-corrected chi connectivity index (χ0v) is 14.0. The molecule has 1 heterocycles. The molecule has 1 aliphatic heterocycles. The van der Waals surface area contributed by atoms with Crippen LogP contribution in [0.4, 0.5) is 20.6 Å². The fourth-order valence-electron chi connectivity index (χ4n) is 2.25. The molecule has 0 bridgehead atoms. The minimum atomic E-state index is -3.93. The summed E-state index contributed by atoms with van der Waals surface area (Å²) in [6, 6.07) is 7.86. The molecule has 0 aromatic heterocycles. The van der Waals surface area contributed by atoms with Gasteiger partial charge in [0.1, 0.15) is 12.4 Å². The Morgan fingerprint density at radius 1 is 1.25 bits per heavy atom. The van der Waals surface area contributed by atoms with Crippen molar-refractivity contribution >= 4 is 39.1 Å². The Morgan fingerprint density at radius 2 is 2.00 bits per heavy atom. The van der Waals surface area contributed by atoms with Gasteiger partial charge in [0, 0.05) is 12.6 Å². The predicted molar refractivity (Wildman–Crippen MR) is 87.2 cm³/mol. The van der Waals surface area contributed by atoms with Gasteiger partial charge in [0.25, 0.3) is 10.0 Å². The first-order valence-corrected chi connectivity index (χ1v) is 8.65. The summed E-state index contributed by atoms with van der Waals surface area (Å²) < 4.78 is 45.4. The number of halogens is 2. The van der Waals surface area contributed by atoms with Crippen molar-refractivity contribution in [2.45, 2.75) is 11.5 Å². The number of amides is 1. The summed E-state index contributed by atoms with van der Waals surface area (Å²) in [6.07, 6.45) is -0.560. The number of rotatable bonds is 3. The van der Waals surface area contributed by atoms with Gasteiger partial charge in [-0.2, -0.15) is 0 Å². The summed E-state index contributed by atoms with van der Waals surface area (Å²) in [5.74, 6) is -0.645. The average Bonchev–Trinajstić information content (AvgIpc) is 2.54. The maximum atomic E-state index is 13.2. The van der Waals surface area contributed by atoms with Gasteiger partial charge in [-0.15, -0.1) is 0 Å². The van der Waals surface area contributed by atoms with Crippen LogP contribution in [0.1, 0.15) is 5.56 Å². The molecule has 0 radical (unpaired) electrons. The molecular weight excluding hydrogens is 359 g/mol. The number of ether oxygens (including phenoxy) is 1. The van der Waals surface area contributed by atoms with Crippen molar-refractivity contribution in [3.8, 4) is 0 Å². The summed E-state index contributed by atoms with van der Waals surface area (Å²) >= 11 is 5.65. The van der Waals surface area contributed by atoms with Gasteiger partial charge in [-0.05, 0) is 30.3 Å². The molecule has 126 valence electrons. The lowest BCUT2D eigenvalue weighted by Crippen LogP contribution is -2.32. The zero-order chi connectivity index (χ0) is 17.5. The van der Waals surface area contributed by atoms with Gasteiger partial charge >= 0.3 is 6.09 Å². The van der Waals surface area contributed by atoms with Crippen molar-refractivity contribution in [1.82, 2.24) is 0 Å². The summed E-state index contributed by atoms with van der Waals surface area (Å²) in [4.78, 5) is 12.8. The molecule has 0 fully saturated rings. The fraction of sp³-hybridized carbons (Fsp3) is 0.133. The summed E-state index contributed by atoms with van der Waals surface area (Å²) in [5.41, 5.74) is 1.28. The monoisotopic (exact) mass is 370 g/mol. The minimum Gasteiger partial charge on any atom is -0.444 e. The number of nitrogens with one attached hydrogen (secondary N) is 1. The molecule has 1 aliphatic rings. The molecule has 0 saturated carbocycles. The van der Waals surface area contributed by atoms with Gasteiger partial charge in [0.15, 0.2) is 0 Å². The number of carbonyl (C=O) groups is 1. The van der Waals surface area contributed by atoms with Crippen LogP contribution in [0.2, 0.25) is 5.02 Å². The van der Waals surface area contributed by atoms with Gasteiger partial charge in [-0.25, -0.2) is 17.6 Å². The molecular formula is C15H12ClFN2O4S. The molecule has 1 amide bonds. The van der Waals surface area contributed by atoms with Crippen molar-refractivity contribution in [3.05, 3.63) is 52.8 Å². The van der Waals surface area contributed by atoms with Crippen LogP contribution in [0.5, 0.6) is 0 Å². The number of hydrogen-bond acceptors (Lipinski definition) is 4. The van der Waals surface area contributed by atoms with E-state index in [4.69, 9.17) is 16.3 Å². The molecule has 0 atom stereocenters. The van der Waals surface area contributed by atoms with E-state index in [1.54, 1.807) is 6.07 Å². The molecule has 0 saturated heterocycles. The second-order valence-corrected chi connectivity index (χ2v) is 7.23. The van der Waals surface area contributed by atoms with Crippen LogP contribution < -0.4 is 9.62 Å². The highest BCUT2D eigenvalue weighted by Gasteiger charge is 2.25. The largest absolute Gasteiger partial charge is 0.444 e. The molecule has 9 heteroatoms. The Morgan fingerprint density at radius 3 is 2.71 bits per heavy atom. The number of sulfonamides is 1. The first-order valence-electron chi connectivity index (χ1n) is 6.79. The molecule has 3 rings (SSSR count). The summed E-state index contributed by atoms with van der Waals surface area (Å²) in [5, 5.41) is -0.192. The van der Waals surface area contributed by atoms with E-state index >= 15 is 0 Å². The number of hydrogen-bond donors (Lipinski definition) is 1. The lowest BCUT2D eigenvalue weighted by Gasteiger charge is -2.25. The van der Waals surface area contributed by atoms with Crippen LogP contribution in [-0.4, -0.2) is 21.6 Å². The normalized spacial score (nSPS) is 14.1. The van der Waals surface area contributed by atoms with Gasteiger partial charge in [-0.3, -0.25) is 9.62 Å². The second kappa shape index (κ2) is 5.95. The Hall–Kier alpha value is -2.32. The number of carbonyl (C=O) groups excluding carboxylic acids is 1. The quantitative estimate of drug-likeness (QED) is 0.898. The Bertz CT molecular complexity index is 933. The second-order valence-electron chi connectivity index (χ2n) is 5.14. The molecule has 2 aromatic carbocycles. The van der Waals surface area contributed by atoms with E-state index in [0.717, 1.165) is 6.07 Å². The maximum absolute atomic E-state index is 13.2. The fourth-order valence-corrected chi connectivity index (χ4v) is 3.50. The molecule has 0 spiro atoms. The van der Waals surface area contributed by atoms with Crippen molar-refractivity contribution in [2.24, 2.45) is 0 Å². The van der Waals surface area contributed by atoms with E-state index < -0.39 is 21.9 Å². The van der Waals surface area contributed by atoms with E-state index in [9.17, 15) is 17.6 Å². The molecule has 0 unspecified atom stereocenters. The highest BCUT2D eigenvalue weighted by Crippen LogP contribution is 2.30. The van der Waals surface area contributed by atoms with E-state index in [0.29, 0.717) is 11.3 Å². The highest BCUT2D eigenvalue weighted by atomic mass is 35.5. The van der Waals surface area contributed by atoms with Gasteiger partial charge in [0.05, 0.1) is 21.3 Å². The van der Waals surface area contributed by atoms with E-state index in [-0.39, 0.29) is 22.2 Å². The van der Waals surface area contributed by atoms with Crippen LogP contribution in [0.3, 0.4) is 0 Å². The first-order chi connectivity index (χ1) is 11.3. The predicted octanol–water partition coefficient (Wildman–Crippen LogP) is 3.37. The third-order valence-electron chi connectivity index (χ3n) is 3.53. The molecule has 6 nitrogen and oxygen atoms in total. The zero-order valence-electron chi connectivity index (χ0n) is 12.4. The maximum Gasteiger partial charge on any atom is 0.414 e. The number of cyclic esters (lactones) is 1.